The fourth-order valence-electron chi connectivity index (χ4n) is 2.25. The van der Waals surface area contributed by atoms with Gasteiger partial charge in [-0.15, -0.1) is 0 Å². The Morgan fingerprint density at radius 3 is 2.75 bits per heavy atom. The Kier molecular flexibility index (Phi) is 3.47. The molecular formula is C11H20N2O2S. The molecule has 0 radical (unpaired) electrons. The summed E-state index contributed by atoms with van der Waals surface area (Å²) in [6.07, 6.45) is 4.94. The Hall–Kier alpha value is -0.260. The van der Waals surface area contributed by atoms with Gasteiger partial charge >= 0.3 is 0 Å². The highest BCUT2D eigenvalue weighted by Gasteiger charge is 2.53. The van der Waals surface area contributed by atoms with Gasteiger partial charge in [-0.3, -0.25) is 4.79 Å². The minimum atomic E-state index is -0.588. The maximum Gasteiger partial charge on any atom is 0.239 e. The standard InChI is InChI=1S/C11H20N2O2S/c1-16-5-4-9(12)10(14)13-6-11(15,7-13)8-2-3-8/h8-9,15H,2-7,12H2,1H3/t9-/m1/s1. The van der Waals surface area contributed by atoms with Crippen LogP contribution in [-0.2, 0) is 4.79 Å². The predicted molar refractivity (Wildman–Crippen MR) is 65.2 cm³/mol. The molecular weight excluding hydrogens is 224 g/mol. The monoisotopic (exact) mass is 244 g/mol. The number of hydrogen-bond donors (Lipinski definition) is 2. The van der Waals surface area contributed by atoms with Crippen molar-refractivity contribution in [2.75, 3.05) is 25.1 Å². The summed E-state index contributed by atoms with van der Waals surface area (Å²) in [6, 6.07) is -0.392. The molecule has 1 saturated heterocycles. The van der Waals surface area contributed by atoms with E-state index in [0.29, 0.717) is 19.0 Å². The molecule has 5 heteroatoms. The van der Waals surface area contributed by atoms with Gasteiger partial charge in [0.2, 0.25) is 5.91 Å². The van der Waals surface area contributed by atoms with Crippen LogP contribution >= 0.6 is 11.8 Å². The Morgan fingerprint density at radius 2 is 2.25 bits per heavy atom. The number of rotatable bonds is 5. The van der Waals surface area contributed by atoms with Crippen LogP contribution in [0.25, 0.3) is 0 Å². The number of carbonyl (C=O) groups is 1. The Labute approximate surface area is 101 Å². The summed E-state index contributed by atoms with van der Waals surface area (Å²) in [7, 11) is 0. The summed E-state index contributed by atoms with van der Waals surface area (Å²) < 4.78 is 0. The molecule has 16 heavy (non-hydrogen) atoms. The fourth-order valence-corrected chi connectivity index (χ4v) is 2.74. The second-order valence-electron chi connectivity index (χ2n) is 4.96. The minimum absolute atomic E-state index is 0.000579. The van der Waals surface area contributed by atoms with Crippen LogP contribution in [0.15, 0.2) is 0 Å². The smallest absolute Gasteiger partial charge is 0.239 e. The second kappa shape index (κ2) is 4.55. The number of thioether (sulfide) groups is 1. The first kappa shape index (κ1) is 12.2. The molecule has 1 atom stereocenters. The van der Waals surface area contributed by atoms with Gasteiger partial charge in [-0.1, -0.05) is 0 Å². The quantitative estimate of drug-likeness (QED) is 0.717. The van der Waals surface area contributed by atoms with Crippen molar-refractivity contribution in [2.24, 2.45) is 11.7 Å². The summed E-state index contributed by atoms with van der Waals surface area (Å²) in [4.78, 5) is 13.5. The van der Waals surface area contributed by atoms with E-state index in [1.165, 1.54) is 0 Å². The molecule has 4 nitrogen and oxygen atoms in total. The van der Waals surface area contributed by atoms with Crippen LogP contribution in [0.2, 0.25) is 0 Å². The molecule has 1 heterocycles. The summed E-state index contributed by atoms with van der Waals surface area (Å²) in [5.41, 5.74) is 5.22. The van der Waals surface area contributed by atoms with Gasteiger partial charge in [0.25, 0.3) is 0 Å². The maximum atomic E-state index is 11.8. The molecule has 0 bridgehead atoms. The molecule has 0 aromatic heterocycles. The SMILES string of the molecule is CSCC[C@@H](N)C(=O)N1CC(O)(C2CC2)C1. The number of aliphatic hydroxyl groups is 1. The number of β-amino-alcohol motifs (C(OH)–C–C–N with tert-alkyl or cyclic N) is 1. The zero-order valence-corrected chi connectivity index (χ0v) is 10.5. The van der Waals surface area contributed by atoms with E-state index < -0.39 is 11.6 Å². The summed E-state index contributed by atoms with van der Waals surface area (Å²) >= 11 is 1.70. The van der Waals surface area contributed by atoms with Crippen molar-refractivity contribution >= 4 is 17.7 Å². The first-order valence-electron chi connectivity index (χ1n) is 5.82. The Bertz CT molecular complexity index is 275. The molecule has 0 aromatic carbocycles. The molecule has 2 aliphatic rings. The summed E-state index contributed by atoms with van der Waals surface area (Å²) in [5.74, 6) is 1.34. The van der Waals surface area contributed by atoms with Crippen LogP contribution in [-0.4, -0.2) is 52.7 Å². The third-order valence-electron chi connectivity index (χ3n) is 3.53. The van der Waals surface area contributed by atoms with Crippen LogP contribution in [0.1, 0.15) is 19.3 Å². The third-order valence-corrected chi connectivity index (χ3v) is 4.17. The Balaban J connectivity index is 1.75. The molecule has 0 unspecified atom stereocenters. The lowest BCUT2D eigenvalue weighted by atomic mass is 9.88. The summed E-state index contributed by atoms with van der Waals surface area (Å²) in [6.45, 7) is 0.979. The van der Waals surface area contributed by atoms with E-state index in [1.807, 2.05) is 6.26 Å². The van der Waals surface area contributed by atoms with Crippen LogP contribution < -0.4 is 5.73 Å². The number of likely N-dealkylation sites (tertiary alicyclic amines) is 1. The van der Waals surface area contributed by atoms with Crippen LogP contribution in [0.5, 0.6) is 0 Å². The zero-order valence-electron chi connectivity index (χ0n) is 9.69. The third kappa shape index (κ3) is 2.36. The highest BCUT2D eigenvalue weighted by molar-refractivity contribution is 7.98. The van der Waals surface area contributed by atoms with Gasteiger partial charge < -0.3 is 15.7 Å². The van der Waals surface area contributed by atoms with Gasteiger partial charge in [0.1, 0.15) is 5.60 Å². The van der Waals surface area contributed by atoms with Gasteiger partial charge in [-0.05, 0) is 37.2 Å². The highest BCUT2D eigenvalue weighted by Crippen LogP contribution is 2.44. The average molecular weight is 244 g/mol. The van der Waals surface area contributed by atoms with E-state index in [0.717, 1.165) is 25.0 Å². The molecule has 0 aromatic rings. The van der Waals surface area contributed by atoms with Gasteiger partial charge in [-0.25, -0.2) is 0 Å². The molecule has 1 saturated carbocycles. The summed E-state index contributed by atoms with van der Waals surface area (Å²) in [5, 5.41) is 10.1. The molecule has 2 fully saturated rings. The van der Waals surface area contributed by atoms with E-state index in [9.17, 15) is 9.90 Å². The predicted octanol–water partition coefficient (Wildman–Crippen LogP) is 0.0501. The van der Waals surface area contributed by atoms with Gasteiger partial charge in [0.05, 0.1) is 19.1 Å². The van der Waals surface area contributed by atoms with E-state index >= 15 is 0 Å². The molecule has 1 amide bonds. The fraction of sp³-hybridized carbons (Fsp3) is 0.909. The largest absolute Gasteiger partial charge is 0.386 e. The number of amides is 1. The van der Waals surface area contributed by atoms with Crippen molar-refractivity contribution in [1.29, 1.82) is 0 Å². The van der Waals surface area contributed by atoms with Crippen molar-refractivity contribution in [3.05, 3.63) is 0 Å². The normalized spacial score (nSPS) is 25.1. The lowest BCUT2D eigenvalue weighted by Gasteiger charge is -2.47. The molecule has 0 spiro atoms. The molecule has 1 aliphatic carbocycles. The maximum absolute atomic E-state index is 11.8. The van der Waals surface area contributed by atoms with E-state index in [1.54, 1.807) is 16.7 Å². The van der Waals surface area contributed by atoms with E-state index in [2.05, 4.69) is 0 Å². The zero-order chi connectivity index (χ0) is 11.8. The van der Waals surface area contributed by atoms with E-state index in [-0.39, 0.29) is 5.91 Å². The number of nitrogens with zero attached hydrogens (tertiary/aromatic N) is 1. The van der Waals surface area contributed by atoms with Crippen molar-refractivity contribution in [1.82, 2.24) is 4.90 Å². The number of hydrogen-bond acceptors (Lipinski definition) is 4. The Morgan fingerprint density at radius 1 is 1.62 bits per heavy atom. The van der Waals surface area contributed by atoms with E-state index in [4.69, 9.17) is 5.73 Å². The van der Waals surface area contributed by atoms with Crippen molar-refractivity contribution in [2.45, 2.75) is 30.9 Å². The van der Waals surface area contributed by atoms with Crippen molar-refractivity contribution < 1.29 is 9.90 Å². The second-order valence-corrected chi connectivity index (χ2v) is 5.95. The first-order chi connectivity index (χ1) is 7.57. The van der Waals surface area contributed by atoms with Crippen LogP contribution in [0.3, 0.4) is 0 Å². The lowest BCUT2D eigenvalue weighted by molar-refractivity contribution is -0.160. The molecule has 1 aliphatic heterocycles. The molecule has 2 rings (SSSR count). The number of carbonyl (C=O) groups excluding carboxylic acids is 1. The first-order valence-corrected chi connectivity index (χ1v) is 7.22. The van der Waals surface area contributed by atoms with Crippen LogP contribution in [0.4, 0.5) is 0 Å². The van der Waals surface area contributed by atoms with Crippen molar-refractivity contribution in [3.63, 3.8) is 0 Å². The number of nitrogens with two attached hydrogens (primary N) is 1. The lowest BCUT2D eigenvalue weighted by Crippen LogP contribution is -2.67. The highest BCUT2D eigenvalue weighted by atomic mass is 32.2. The van der Waals surface area contributed by atoms with Gasteiger partial charge in [-0.2, -0.15) is 11.8 Å². The van der Waals surface area contributed by atoms with Gasteiger partial charge in [0.15, 0.2) is 0 Å². The molecule has 92 valence electrons. The van der Waals surface area contributed by atoms with Crippen molar-refractivity contribution in [3.8, 4) is 0 Å². The van der Waals surface area contributed by atoms with Gasteiger partial charge in [0, 0.05) is 0 Å². The minimum Gasteiger partial charge on any atom is -0.386 e. The topological polar surface area (TPSA) is 66.6 Å². The van der Waals surface area contributed by atoms with Crippen LogP contribution in [0, 0.1) is 5.92 Å². The molecule has 3 N–H and O–H groups in total. The average Bonchev–Trinajstić information content (AvgIpc) is 3.04.